The third-order valence-electron chi connectivity index (χ3n) is 1.93. The summed E-state index contributed by atoms with van der Waals surface area (Å²) in [6.07, 6.45) is 0.583. The minimum Gasteiger partial charge on any atom is -0.349 e. The molecule has 0 bridgehead atoms. The van der Waals surface area contributed by atoms with Gasteiger partial charge in [-0.1, -0.05) is 12.1 Å². The van der Waals surface area contributed by atoms with Gasteiger partial charge in [0.05, 0.1) is 0 Å². The Hall–Kier alpha value is -1.71. The number of halogens is 1. The van der Waals surface area contributed by atoms with E-state index in [0.717, 1.165) is 5.56 Å². The Labute approximate surface area is 87.3 Å². The minimum atomic E-state index is -0.586. The molecule has 0 heterocycles. The van der Waals surface area contributed by atoms with E-state index in [1.807, 2.05) is 0 Å². The molecule has 0 saturated heterocycles. The highest BCUT2D eigenvalue weighted by Gasteiger charge is 2.05. The molecule has 4 heteroatoms. The number of amides is 1. The van der Waals surface area contributed by atoms with Crippen molar-refractivity contribution in [2.45, 2.75) is 13.3 Å². The highest BCUT2D eigenvalue weighted by molar-refractivity contribution is 6.35. The SMILES string of the molecule is CC(=O)C(=O)NCCc1ccc(F)cc1. The van der Waals surface area contributed by atoms with E-state index in [4.69, 9.17) is 0 Å². The lowest BCUT2D eigenvalue weighted by molar-refractivity contribution is -0.136. The van der Waals surface area contributed by atoms with Crippen molar-refractivity contribution in [2.24, 2.45) is 0 Å². The van der Waals surface area contributed by atoms with Crippen LogP contribution in [0.2, 0.25) is 0 Å². The Bertz CT molecular complexity index is 359. The summed E-state index contributed by atoms with van der Waals surface area (Å²) in [4.78, 5) is 21.4. The van der Waals surface area contributed by atoms with Crippen molar-refractivity contribution >= 4 is 11.7 Å². The van der Waals surface area contributed by atoms with Gasteiger partial charge in [0.15, 0.2) is 0 Å². The number of carbonyl (C=O) groups excluding carboxylic acids is 2. The maximum absolute atomic E-state index is 12.5. The molecule has 0 aliphatic rings. The summed E-state index contributed by atoms with van der Waals surface area (Å²) in [5.41, 5.74) is 0.917. The standard InChI is InChI=1S/C11H12FNO2/c1-8(14)11(15)13-7-6-9-2-4-10(12)5-3-9/h2-5H,6-7H2,1H3,(H,13,15). The zero-order valence-electron chi connectivity index (χ0n) is 8.42. The van der Waals surface area contributed by atoms with E-state index in [1.54, 1.807) is 12.1 Å². The number of hydrogen-bond donors (Lipinski definition) is 1. The minimum absolute atomic E-state index is 0.286. The van der Waals surface area contributed by atoms with Crippen LogP contribution in [0.15, 0.2) is 24.3 Å². The lowest BCUT2D eigenvalue weighted by Gasteiger charge is -2.02. The number of Topliss-reactive ketones (excluding diaryl/α,β-unsaturated/α-hetero) is 1. The molecule has 1 rings (SSSR count). The van der Waals surface area contributed by atoms with Crippen LogP contribution in [0, 0.1) is 5.82 Å². The molecule has 3 nitrogen and oxygen atoms in total. The van der Waals surface area contributed by atoms with Crippen molar-refractivity contribution < 1.29 is 14.0 Å². The molecular weight excluding hydrogens is 197 g/mol. The van der Waals surface area contributed by atoms with Crippen molar-refractivity contribution in [1.82, 2.24) is 5.32 Å². The zero-order chi connectivity index (χ0) is 11.3. The smallest absolute Gasteiger partial charge is 0.287 e. The van der Waals surface area contributed by atoms with Gasteiger partial charge in [-0.05, 0) is 24.1 Å². The summed E-state index contributed by atoms with van der Waals surface area (Å²) >= 11 is 0. The second-order valence-corrected chi connectivity index (χ2v) is 3.19. The molecule has 1 aromatic rings. The van der Waals surface area contributed by atoms with Crippen LogP contribution in [-0.4, -0.2) is 18.2 Å². The fraction of sp³-hybridized carbons (Fsp3) is 0.273. The average molecular weight is 209 g/mol. The van der Waals surface area contributed by atoms with Gasteiger partial charge in [-0.2, -0.15) is 0 Å². The summed E-state index contributed by atoms with van der Waals surface area (Å²) in [7, 11) is 0. The van der Waals surface area contributed by atoms with Crippen molar-refractivity contribution in [3.8, 4) is 0 Å². The zero-order valence-corrected chi connectivity index (χ0v) is 8.42. The van der Waals surface area contributed by atoms with Crippen molar-refractivity contribution in [3.63, 3.8) is 0 Å². The number of ketones is 1. The third kappa shape index (κ3) is 3.89. The molecule has 0 spiro atoms. The first-order chi connectivity index (χ1) is 7.09. The summed E-state index contributed by atoms with van der Waals surface area (Å²) in [5.74, 6) is -1.38. The van der Waals surface area contributed by atoms with Gasteiger partial charge in [0.25, 0.3) is 5.91 Å². The van der Waals surface area contributed by atoms with Crippen LogP contribution in [0.3, 0.4) is 0 Å². The number of rotatable bonds is 4. The molecule has 0 aliphatic carbocycles. The van der Waals surface area contributed by atoms with Gasteiger partial charge in [-0.3, -0.25) is 9.59 Å². The van der Waals surface area contributed by atoms with Gasteiger partial charge in [0.1, 0.15) is 5.82 Å². The van der Waals surface area contributed by atoms with Crippen LogP contribution >= 0.6 is 0 Å². The fourth-order valence-electron chi connectivity index (χ4n) is 1.10. The van der Waals surface area contributed by atoms with Crippen molar-refractivity contribution in [1.29, 1.82) is 0 Å². The average Bonchev–Trinajstić information content (AvgIpc) is 2.20. The summed E-state index contributed by atoms with van der Waals surface area (Å²) in [6, 6.07) is 6.02. The molecule has 0 aliphatic heterocycles. The quantitative estimate of drug-likeness (QED) is 0.754. The van der Waals surface area contributed by atoms with E-state index in [2.05, 4.69) is 5.32 Å². The Morgan fingerprint density at radius 1 is 1.27 bits per heavy atom. The molecule has 0 aromatic heterocycles. The molecule has 0 atom stereocenters. The summed E-state index contributed by atoms with van der Waals surface area (Å²) in [6.45, 7) is 1.59. The highest BCUT2D eigenvalue weighted by atomic mass is 19.1. The largest absolute Gasteiger partial charge is 0.349 e. The van der Waals surface area contributed by atoms with Crippen LogP contribution < -0.4 is 5.32 Å². The molecule has 80 valence electrons. The van der Waals surface area contributed by atoms with Crippen molar-refractivity contribution in [2.75, 3.05) is 6.54 Å². The highest BCUT2D eigenvalue weighted by Crippen LogP contribution is 2.02. The third-order valence-corrected chi connectivity index (χ3v) is 1.93. The van der Waals surface area contributed by atoms with Gasteiger partial charge in [-0.25, -0.2) is 4.39 Å². The Morgan fingerprint density at radius 2 is 1.87 bits per heavy atom. The molecular formula is C11H12FNO2. The molecule has 1 N–H and O–H groups in total. The first-order valence-corrected chi connectivity index (χ1v) is 4.63. The van der Waals surface area contributed by atoms with Gasteiger partial charge >= 0.3 is 0 Å². The molecule has 15 heavy (non-hydrogen) atoms. The van der Waals surface area contributed by atoms with Crippen LogP contribution in [0.5, 0.6) is 0 Å². The Balaban J connectivity index is 2.35. The van der Waals surface area contributed by atoms with Crippen LogP contribution in [-0.2, 0) is 16.0 Å². The molecule has 0 unspecified atom stereocenters. The maximum Gasteiger partial charge on any atom is 0.287 e. The molecule has 1 amide bonds. The van der Waals surface area contributed by atoms with E-state index in [9.17, 15) is 14.0 Å². The number of hydrogen-bond acceptors (Lipinski definition) is 2. The van der Waals surface area contributed by atoms with Crippen LogP contribution in [0.4, 0.5) is 4.39 Å². The number of benzene rings is 1. The Morgan fingerprint density at radius 3 is 2.40 bits per heavy atom. The molecule has 1 aromatic carbocycles. The van der Waals surface area contributed by atoms with Gasteiger partial charge in [0, 0.05) is 13.5 Å². The fourth-order valence-corrected chi connectivity index (χ4v) is 1.10. The summed E-state index contributed by atoms with van der Waals surface area (Å²) in [5, 5.41) is 2.46. The topological polar surface area (TPSA) is 46.2 Å². The first kappa shape index (κ1) is 11.4. The molecule has 0 saturated carbocycles. The second kappa shape index (κ2) is 5.24. The van der Waals surface area contributed by atoms with E-state index in [-0.39, 0.29) is 5.82 Å². The van der Waals surface area contributed by atoms with Gasteiger partial charge in [0.2, 0.25) is 5.78 Å². The number of nitrogens with one attached hydrogen (secondary N) is 1. The van der Waals surface area contributed by atoms with Gasteiger partial charge in [-0.15, -0.1) is 0 Å². The van der Waals surface area contributed by atoms with E-state index < -0.39 is 11.7 Å². The monoisotopic (exact) mass is 209 g/mol. The van der Waals surface area contributed by atoms with E-state index in [1.165, 1.54) is 19.1 Å². The van der Waals surface area contributed by atoms with Crippen LogP contribution in [0.25, 0.3) is 0 Å². The maximum atomic E-state index is 12.5. The summed E-state index contributed by atoms with van der Waals surface area (Å²) < 4.78 is 12.5. The second-order valence-electron chi connectivity index (χ2n) is 3.19. The Kier molecular flexibility index (Phi) is 3.97. The van der Waals surface area contributed by atoms with E-state index in [0.29, 0.717) is 13.0 Å². The lowest BCUT2D eigenvalue weighted by atomic mass is 10.1. The van der Waals surface area contributed by atoms with Crippen molar-refractivity contribution in [3.05, 3.63) is 35.6 Å². The van der Waals surface area contributed by atoms with Gasteiger partial charge < -0.3 is 5.32 Å². The predicted molar refractivity (Wildman–Crippen MR) is 53.8 cm³/mol. The van der Waals surface area contributed by atoms with Crippen LogP contribution in [0.1, 0.15) is 12.5 Å². The molecule has 0 radical (unpaired) electrons. The molecule has 0 fully saturated rings. The normalized spacial score (nSPS) is 9.73. The number of carbonyl (C=O) groups is 2. The lowest BCUT2D eigenvalue weighted by Crippen LogP contribution is -2.30. The van der Waals surface area contributed by atoms with E-state index >= 15 is 0 Å². The predicted octanol–water partition coefficient (Wildman–Crippen LogP) is 1.07. The first-order valence-electron chi connectivity index (χ1n) is 4.63.